The lowest BCUT2D eigenvalue weighted by Gasteiger charge is -2.39. The number of anilines is 2. The number of nitrogens with one attached hydrogen (secondary N) is 1. The van der Waals surface area contributed by atoms with Crippen LogP contribution < -0.4 is 9.80 Å². The summed E-state index contributed by atoms with van der Waals surface area (Å²) in [5, 5.41) is 1.33. The van der Waals surface area contributed by atoms with Crippen LogP contribution in [0.15, 0.2) is 48.7 Å². The van der Waals surface area contributed by atoms with Gasteiger partial charge in [-0.25, -0.2) is 4.39 Å². The minimum atomic E-state index is -0.169. The van der Waals surface area contributed by atoms with E-state index in [1.54, 1.807) is 12.1 Å². The van der Waals surface area contributed by atoms with Gasteiger partial charge in [0.1, 0.15) is 5.82 Å². The van der Waals surface area contributed by atoms with Crippen LogP contribution in [0.25, 0.3) is 10.9 Å². The first-order valence-electron chi connectivity index (χ1n) is 10.9. The number of hydrogen-bond acceptors (Lipinski definition) is 4. The Labute approximate surface area is 189 Å². The minimum absolute atomic E-state index is 0. The van der Waals surface area contributed by atoms with Crippen LogP contribution in [0.5, 0.6) is 0 Å². The molecule has 0 radical (unpaired) electrons. The summed E-state index contributed by atoms with van der Waals surface area (Å²) in [4.78, 5) is 10.6. The number of para-hydroxylation sites is 1. The lowest BCUT2D eigenvalue weighted by molar-refractivity contribution is 0.122. The standard InChI is InChI=1S/C24H29FN4O.ClH/c25-20-5-6-23(24(17-20)29-13-15-30-16-14-29)28-11-9-27(10-12-28)8-7-19-18-26-22-4-2-1-3-21(19)22;/h1-6,17-18,26H,7-16H2;1H. The molecule has 0 amide bonds. The predicted octanol–water partition coefficient (Wildman–Crippen LogP) is 3.93. The maximum Gasteiger partial charge on any atom is 0.125 e. The highest BCUT2D eigenvalue weighted by atomic mass is 35.5. The third kappa shape index (κ3) is 4.81. The number of piperazine rings is 1. The van der Waals surface area contributed by atoms with Crippen molar-refractivity contribution < 1.29 is 9.13 Å². The molecule has 3 heterocycles. The van der Waals surface area contributed by atoms with Gasteiger partial charge in [-0.2, -0.15) is 0 Å². The second-order valence-corrected chi connectivity index (χ2v) is 8.17. The first kappa shape index (κ1) is 21.9. The van der Waals surface area contributed by atoms with Crippen LogP contribution in [-0.4, -0.2) is 68.9 Å². The normalized spacial score (nSPS) is 17.7. The van der Waals surface area contributed by atoms with Crippen molar-refractivity contribution in [3.8, 4) is 0 Å². The van der Waals surface area contributed by atoms with Crippen LogP contribution in [0.1, 0.15) is 5.56 Å². The molecule has 7 heteroatoms. The van der Waals surface area contributed by atoms with Crippen LogP contribution in [0.3, 0.4) is 0 Å². The number of nitrogens with zero attached hydrogens (tertiary/aromatic N) is 3. The fourth-order valence-electron chi connectivity index (χ4n) is 4.65. The van der Waals surface area contributed by atoms with Gasteiger partial charge in [-0.05, 0) is 36.2 Å². The maximum absolute atomic E-state index is 14.0. The largest absolute Gasteiger partial charge is 0.378 e. The quantitative estimate of drug-likeness (QED) is 0.646. The number of H-pyrrole nitrogens is 1. The Kier molecular flexibility index (Phi) is 7.00. The average molecular weight is 445 g/mol. The van der Waals surface area contributed by atoms with E-state index in [2.05, 4.69) is 50.1 Å². The van der Waals surface area contributed by atoms with E-state index < -0.39 is 0 Å². The summed E-state index contributed by atoms with van der Waals surface area (Å²) in [5.74, 6) is -0.169. The maximum atomic E-state index is 14.0. The van der Waals surface area contributed by atoms with Gasteiger partial charge in [0, 0.05) is 62.9 Å². The van der Waals surface area contributed by atoms with Crippen LogP contribution in [-0.2, 0) is 11.2 Å². The number of rotatable bonds is 5. The van der Waals surface area contributed by atoms with E-state index in [-0.39, 0.29) is 18.2 Å². The number of ether oxygens (including phenoxy) is 1. The van der Waals surface area contributed by atoms with Gasteiger partial charge in [0.2, 0.25) is 0 Å². The third-order valence-electron chi connectivity index (χ3n) is 6.37. The number of hydrogen-bond donors (Lipinski definition) is 1. The number of benzene rings is 2. The molecule has 1 N–H and O–H groups in total. The molecule has 0 spiro atoms. The number of aromatic amines is 1. The van der Waals surface area contributed by atoms with E-state index in [0.29, 0.717) is 13.2 Å². The zero-order valence-electron chi connectivity index (χ0n) is 17.7. The molecule has 2 aliphatic heterocycles. The molecule has 1 aromatic heterocycles. The Morgan fingerprint density at radius 2 is 1.61 bits per heavy atom. The molecule has 31 heavy (non-hydrogen) atoms. The molecule has 0 aliphatic carbocycles. The molecule has 166 valence electrons. The third-order valence-corrected chi connectivity index (χ3v) is 6.37. The predicted molar refractivity (Wildman–Crippen MR) is 127 cm³/mol. The Morgan fingerprint density at radius 3 is 2.42 bits per heavy atom. The van der Waals surface area contributed by atoms with E-state index in [1.807, 2.05) is 6.07 Å². The van der Waals surface area contributed by atoms with E-state index in [0.717, 1.165) is 63.6 Å². The molecule has 0 atom stereocenters. The zero-order chi connectivity index (χ0) is 20.3. The second-order valence-electron chi connectivity index (χ2n) is 8.17. The van der Waals surface area contributed by atoms with E-state index in [4.69, 9.17) is 4.74 Å². The second kappa shape index (κ2) is 9.90. The minimum Gasteiger partial charge on any atom is -0.378 e. The molecule has 0 bridgehead atoms. The molecule has 2 aliphatic rings. The molecular weight excluding hydrogens is 415 g/mol. The van der Waals surface area contributed by atoms with Gasteiger partial charge >= 0.3 is 0 Å². The van der Waals surface area contributed by atoms with Gasteiger partial charge in [0.25, 0.3) is 0 Å². The Bertz CT molecular complexity index is 996. The number of fused-ring (bicyclic) bond motifs is 1. The van der Waals surface area contributed by atoms with E-state index in [1.165, 1.54) is 16.5 Å². The Hall–Kier alpha value is -2.28. The van der Waals surface area contributed by atoms with Crippen LogP contribution in [0.4, 0.5) is 15.8 Å². The van der Waals surface area contributed by atoms with Gasteiger partial charge in [-0.15, -0.1) is 12.4 Å². The number of halogens is 2. The average Bonchev–Trinajstić information content (AvgIpc) is 3.22. The molecular formula is C24H30ClFN4O. The van der Waals surface area contributed by atoms with Crippen molar-refractivity contribution in [2.45, 2.75) is 6.42 Å². The summed E-state index contributed by atoms with van der Waals surface area (Å²) in [6, 6.07) is 13.7. The fraction of sp³-hybridized carbons (Fsp3) is 0.417. The van der Waals surface area contributed by atoms with E-state index >= 15 is 0 Å². The van der Waals surface area contributed by atoms with Crippen LogP contribution in [0.2, 0.25) is 0 Å². The highest BCUT2D eigenvalue weighted by Crippen LogP contribution is 2.32. The summed E-state index contributed by atoms with van der Waals surface area (Å²) in [5.41, 5.74) is 4.76. The highest BCUT2D eigenvalue weighted by molar-refractivity contribution is 5.85. The lowest BCUT2D eigenvalue weighted by atomic mass is 10.1. The lowest BCUT2D eigenvalue weighted by Crippen LogP contribution is -2.47. The van der Waals surface area contributed by atoms with E-state index in [9.17, 15) is 4.39 Å². The van der Waals surface area contributed by atoms with Gasteiger partial charge in [0.05, 0.1) is 24.6 Å². The monoisotopic (exact) mass is 444 g/mol. The Morgan fingerprint density at radius 1 is 0.871 bits per heavy atom. The highest BCUT2D eigenvalue weighted by Gasteiger charge is 2.23. The number of aromatic nitrogens is 1. The molecule has 3 aromatic rings. The van der Waals surface area contributed by atoms with Crippen LogP contribution in [0, 0.1) is 5.82 Å². The zero-order valence-corrected chi connectivity index (χ0v) is 18.5. The molecule has 2 saturated heterocycles. The summed E-state index contributed by atoms with van der Waals surface area (Å²) < 4.78 is 19.5. The fourth-order valence-corrected chi connectivity index (χ4v) is 4.65. The van der Waals surface area contributed by atoms with Gasteiger partial charge in [0.15, 0.2) is 0 Å². The molecule has 0 saturated carbocycles. The molecule has 2 aromatic carbocycles. The molecule has 5 rings (SSSR count). The van der Waals surface area contributed by atoms with Crippen molar-refractivity contribution in [2.75, 3.05) is 68.8 Å². The smallest absolute Gasteiger partial charge is 0.125 e. The molecule has 0 unspecified atom stereocenters. The van der Waals surface area contributed by atoms with Crippen molar-refractivity contribution in [3.05, 3.63) is 60.0 Å². The summed E-state index contributed by atoms with van der Waals surface area (Å²) in [6.45, 7) is 8.12. The Balaban J connectivity index is 0.00000231. The van der Waals surface area contributed by atoms with Crippen molar-refractivity contribution in [1.29, 1.82) is 0 Å². The first-order valence-corrected chi connectivity index (χ1v) is 10.9. The summed E-state index contributed by atoms with van der Waals surface area (Å²) in [7, 11) is 0. The van der Waals surface area contributed by atoms with Crippen molar-refractivity contribution in [1.82, 2.24) is 9.88 Å². The van der Waals surface area contributed by atoms with Crippen molar-refractivity contribution >= 4 is 34.7 Å². The SMILES string of the molecule is Cl.Fc1ccc(N2CCN(CCc3c[nH]c4ccccc34)CC2)c(N2CCOCC2)c1. The van der Waals surface area contributed by atoms with Crippen molar-refractivity contribution in [3.63, 3.8) is 0 Å². The first-order chi connectivity index (χ1) is 14.8. The molecule has 2 fully saturated rings. The van der Waals surface area contributed by atoms with Gasteiger partial charge in [-0.3, -0.25) is 4.90 Å². The number of morpholine rings is 1. The molecule has 5 nitrogen and oxygen atoms in total. The van der Waals surface area contributed by atoms with Crippen LogP contribution >= 0.6 is 12.4 Å². The van der Waals surface area contributed by atoms with Gasteiger partial charge in [-0.1, -0.05) is 18.2 Å². The topological polar surface area (TPSA) is 34.7 Å². The van der Waals surface area contributed by atoms with Crippen molar-refractivity contribution in [2.24, 2.45) is 0 Å². The van der Waals surface area contributed by atoms with Gasteiger partial charge < -0.3 is 19.5 Å². The summed E-state index contributed by atoms with van der Waals surface area (Å²) >= 11 is 0. The summed E-state index contributed by atoms with van der Waals surface area (Å²) in [6.07, 6.45) is 3.20.